The minimum atomic E-state index is -0.113. The van der Waals surface area contributed by atoms with E-state index < -0.39 is 0 Å². The topological polar surface area (TPSA) is 63.8 Å². The third kappa shape index (κ3) is 3.93. The molecule has 0 spiro atoms. The quantitative estimate of drug-likeness (QED) is 0.890. The zero-order valence-corrected chi connectivity index (χ0v) is 13.6. The van der Waals surface area contributed by atoms with E-state index in [4.69, 9.17) is 17.3 Å². The minimum absolute atomic E-state index is 0.0408. The molecular weight excluding hydrogens is 284 g/mol. The molecule has 0 aromatic carbocycles. The number of nitrogens with one attached hydrogen (secondary N) is 1. The van der Waals surface area contributed by atoms with Crippen LogP contribution in [-0.2, 0) is 0 Å². The van der Waals surface area contributed by atoms with Crippen LogP contribution in [0.15, 0.2) is 30.6 Å². The van der Waals surface area contributed by atoms with Gasteiger partial charge in [-0.25, -0.2) is 4.98 Å². The van der Waals surface area contributed by atoms with Crippen molar-refractivity contribution in [2.24, 2.45) is 11.1 Å². The van der Waals surface area contributed by atoms with Crippen molar-refractivity contribution in [3.05, 3.63) is 46.9 Å². The molecule has 0 saturated carbocycles. The molecule has 21 heavy (non-hydrogen) atoms. The van der Waals surface area contributed by atoms with Crippen molar-refractivity contribution in [1.29, 1.82) is 0 Å². The lowest BCUT2D eigenvalue weighted by atomic mass is 9.84. The number of hydrogen-bond acceptors (Lipinski definition) is 4. The number of nitrogens with zero attached hydrogens (tertiary/aromatic N) is 2. The van der Waals surface area contributed by atoms with Crippen molar-refractivity contribution in [2.75, 3.05) is 5.32 Å². The molecular formula is C16H21ClN4. The van der Waals surface area contributed by atoms with E-state index in [-0.39, 0.29) is 11.5 Å². The smallest absolute Gasteiger partial charge is 0.149 e. The maximum Gasteiger partial charge on any atom is 0.149 e. The second kappa shape index (κ2) is 6.00. The molecule has 2 aromatic heterocycles. The van der Waals surface area contributed by atoms with Crippen molar-refractivity contribution < 1.29 is 0 Å². The van der Waals surface area contributed by atoms with Crippen molar-refractivity contribution in [3.63, 3.8) is 0 Å². The van der Waals surface area contributed by atoms with E-state index in [0.717, 1.165) is 16.9 Å². The molecule has 0 saturated heterocycles. The Balaban J connectivity index is 2.21. The molecule has 0 amide bonds. The highest BCUT2D eigenvalue weighted by Crippen LogP contribution is 2.33. The van der Waals surface area contributed by atoms with E-state index in [2.05, 4.69) is 36.1 Å². The Kier molecular flexibility index (Phi) is 4.49. The first-order chi connectivity index (χ1) is 9.77. The number of anilines is 2. The summed E-state index contributed by atoms with van der Waals surface area (Å²) in [5.74, 6) is 0.604. The Morgan fingerprint density at radius 2 is 1.90 bits per heavy atom. The van der Waals surface area contributed by atoms with E-state index >= 15 is 0 Å². The molecule has 0 radical (unpaired) electrons. The van der Waals surface area contributed by atoms with Crippen LogP contribution in [0.25, 0.3) is 0 Å². The Labute approximate surface area is 130 Å². The lowest BCUT2D eigenvalue weighted by Gasteiger charge is -2.27. The van der Waals surface area contributed by atoms with E-state index in [9.17, 15) is 0 Å². The van der Waals surface area contributed by atoms with Crippen LogP contribution in [0.1, 0.15) is 38.1 Å². The molecule has 3 N–H and O–H groups in total. The van der Waals surface area contributed by atoms with E-state index in [1.807, 2.05) is 25.1 Å². The maximum absolute atomic E-state index is 6.30. The summed E-state index contributed by atoms with van der Waals surface area (Å²) in [5.41, 5.74) is 8.93. The Morgan fingerprint density at radius 3 is 2.43 bits per heavy atom. The average Bonchev–Trinajstić information content (AvgIpc) is 2.41. The zero-order chi connectivity index (χ0) is 15.6. The van der Waals surface area contributed by atoms with E-state index in [1.165, 1.54) is 0 Å². The van der Waals surface area contributed by atoms with Gasteiger partial charge in [-0.15, -0.1) is 0 Å². The first kappa shape index (κ1) is 15.7. The summed E-state index contributed by atoms with van der Waals surface area (Å²) in [6, 6.07) is 5.63. The molecule has 0 fully saturated rings. The van der Waals surface area contributed by atoms with Gasteiger partial charge in [-0.05, 0) is 36.1 Å². The van der Waals surface area contributed by atoms with Crippen LogP contribution in [-0.4, -0.2) is 9.97 Å². The van der Waals surface area contributed by atoms with Gasteiger partial charge in [0.2, 0.25) is 0 Å². The summed E-state index contributed by atoms with van der Waals surface area (Å²) in [6.07, 6.45) is 3.52. The van der Waals surface area contributed by atoms with Gasteiger partial charge in [-0.1, -0.05) is 32.4 Å². The Bertz CT molecular complexity index is 617. The van der Waals surface area contributed by atoms with E-state index in [0.29, 0.717) is 10.8 Å². The molecule has 0 bridgehead atoms. The monoisotopic (exact) mass is 304 g/mol. The van der Waals surface area contributed by atoms with Gasteiger partial charge in [-0.2, -0.15) is 0 Å². The van der Waals surface area contributed by atoms with Crippen molar-refractivity contribution in [1.82, 2.24) is 9.97 Å². The second-order valence-corrected chi connectivity index (χ2v) is 6.66. The van der Waals surface area contributed by atoms with Crippen molar-refractivity contribution >= 4 is 23.1 Å². The highest BCUT2D eigenvalue weighted by molar-refractivity contribution is 6.33. The second-order valence-electron chi connectivity index (χ2n) is 6.26. The molecule has 0 unspecified atom stereocenters. The lowest BCUT2D eigenvalue weighted by molar-refractivity contribution is 0.326. The van der Waals surface area contributed by atoms with Gasteiger partial charge in [-0.3, -0.25) is 4.98 Å². The fraction of sp³-hybridized carbons (Fsp3) is 0.375. The van der Waals surface area contributed by atoms with Gasteiger partial charge in [0, 0.05) is 17.9 Å². The van der Waals surface area contributed by atoms with E-state index in [1.54, 1.807) is 12.4 Å². The molecule has 0 aliphatic heterocycles. The van der Waals surface area contributed by atoms with Crippen LogP contribution in [0, 0.1) is 12.3 Å². The number of aryl methyl sites for hydroxylation is 1. The number of aromatic nitrogens is 2. The third-order valence-electron chi connectivity index (χ3n) is 3.33. The van der Waals surface area contributed by atoms with Gasteiger partial charge in [0.15, 0.2) is 0 Å². The third-order valence-corrected chi connectivity index (χ3v) is 3.62. The molecule has 1 atom stereocenters. The molecule has 2 aromatic rings. The van der Waals surface area contributed by atoms with Crippen LogP contribution < -0.4 is 11.1 Å². The molecule has 0 aliphatic carbocycles. The Morgan fingerprint density at radius 1 is 1.19 bits per heavy atom. The molecule has 2 rings (SSSR count). The number of halogens is 1. The predicted molar refractivity (Wildman–Crippen MR) is 87.9 cm³/mol. The van der Waals surface area contributed by atoms with Crippen molar-refractivity contribution in [3.8, 4) is 0 Å². The summed E-state index contributed by atoms with van der Waals surface area (Å²) in [7, 11) is 0. The van der Waals surface area contributed by atoms with Gasteiger partial charge >= 0.3 is 0 Å². The first-order valence-corrected chi connectivity index (χ1v) is 7.26. The summed E-state index contributed by atoms with van der Waals surface area (Å²) < 4.78 is 0. The van der Waals surface area contributed by atoms with Crippen molar-refractivity contribution in [2.45, 2.75) is 33.7 Å². The maximum atomic E-state index is 6.30. The van der Waals surface area contributed by atoms with Gasteiger partial charge in [0.05, 0.1) is 16.9 Å². The summed E-state index contributed by atoms with van der Waals surface area (Å²) in [4.78, 5) is 8.61. The predicted octanol–water partition coefficient (Wildman–Crippen LogP) is 4.23. The number of nitrogens with two attached hydrogens (primary N) is 1. The normalized spacial score (nSPS) is 13.0. The fourth-order valence-electron chi connectivity index (χ4n) is 1.89. The van der Waals surface area contributed by atoms with Crippen LogP contribution in [0.4, 0.5) is 11.5 Å². The molecule has 5 heteroatoms. The van der Waals surface area contributed by atoms with Gasteiger partial charge in [0.1, 0.15) is 5.82 Å². The number of pyridine rings is 2. The van der Waals surface area contributed by atoms with Crippen LogP contribution in [0.3, 0.4) is 0 Å². The van der Waals surface area contributed by atoms with Gasteiger partial charge < -0.3 is 11.1 Å². The number of rotatable bonds is 3. The standard InChI is InChI=1S/C16H21ClN4/c1-10-5-6-12(9-19-10)21-15-13(17)7-11(8-20-15)14(18)16(2,3)4/h5-9,14H,18H2,1-4H3,(H,20,21)/t14-/m0/s1. The molecule has 2 heterocycles. The average molecular weight is 305 g/mol. The summed E-state index contributed by atoms with van der Waals surface area (Å²) in [6.45, 7) is 8.22. The zero-order valence-electron chi connectivity index (χ0n) is 12.8. The van der Waals surface area contributed by atoms with Crippen LogP contribution in [0.5, 0.6) is 0 Å². The summed E-state index contributed by atoms with van der Waals surface area (Å²) in [5, 5.41) is 3.71. The highest BCUT2D eigenvalue weighted by Gasteiger charge is 2.23. The van der Waals surface area contributed by atoms with Crippen LogP contribution >= 0.6 is 11.6 Å². The minimum Gasteiger partial charge on any atom is -0.338 e. The highest BCUT2D eigenvalue weighted by atomic mass is 35.5. The SMILES string of the molecule is Cc1ccc(Nc2ncc([C@H](N)C(C)(C)C)cc2Cl)cn1. The largest absolute Gasteiger partial charge is 0.338 e. The first-order valence-electron chi connectivity index (χ1n) is 6.88. The lowest BCUT2D eigenvalue weighted by Crippen LogP contribution is -2.26. The molecule has 4 nitrogen and oxygen atoms in total. The molecule has 0 aliphatic rings. The molecule has 112 valence electrons. The Hall–Kier alpha value is -1.65. The van der Waals surface area contributed by atoms with Crippen LogP contribution in [0.2, 0.25) is 5.02 Å². The van der Waals surface area contributed by atoms with Gasteiger partial charge in [0.25, 0.3) is 0 Å². The number of hydrogen-bond donors (Lipinski definition) is 2. The summed E-state index contributed by atoms with van der Waals surface area (Å²) >= 11 is 6.30. The fourth-order valence-corrected chi connectivity index (χ4v) is 2.12.